The molecule has 9 heteroatoms. The molecule has 0 aliphatic heterocycles. The Morgan fingerprint density at radius 3 is 2.43 bits per heavy atom. The molecule has 3 amide bonds. The van der Waals surface area contributed by atoms with Crippen LogP contribution in [0.2, 0.25) is 10.0 Å². The van der Waals surface area contributed by atoms with Crippen LogP contribution in [0, 0.1) is 0 Å². The van der Waals surface area contributed by atoms with E-state index in [-0.39, 0.29) is 21.3 Å². The number of benzene rings is 1. The molecule has 0 aliphatic carbocycles. The van der Waals surface area contributed by atoms with Gasteiger partial charge >= 0.3 is 12.0 Å². The molecule has 0 saturated carbocycles. The molecule has 1 unspecified atom stereocenters. The van der Waals surface area contributed by atoms with Crippen molar-refractivity contribution in [3.63, 3.8) is 0 Å². The average Bonchev–Trinajstić information content (AvgIpc) is 2.43. The zero-order chi connectivity index (χ0) is 16.2. The Kier molecular flexibility index (Phi) is 5.80. The van der Waals surface area contributed by atoms with Crippen molar-refractivity contribution in [3.8, 4) is 0 Å². The largest absolute Gasteiger partial charge is 0.449 e. The van der Waals surface area contributed by atoms with Crippen LogP contribution in [0.3, 0.4) is 0 Å². The molecule has 0 aliphatic rings. The van der Waals surface area contributed by atoms with Crippen molar-refractivity contribution in [1.29, 1.82) is 0 Å². The van der Waals surface area contributed by atoms with Gasteiger partial charge in [-0.05, 0) is 19.1 Å². The second-order valence-corrected chi connectivity index (χ2v) is 4.76. The van der Waals surface area contributed by atoms with Gasteiger partial charge in [-0.3, -0.25) is 10.1 Å². The number of imide groups is 1. The lowest BCUT2D eigenvalue weighted by molar-refractivity contribution is -0.127. The lowest BCUT2D eigenvalue weighted by Gasteiger charge is -2.13. The zero-order valence-electron chi connectivity index (χ0n) is 11.2. The van der Waals surface area contributed by atoms with E-state index in [0.717, 1.165) is 0 Å². The summed E-state index contributed by atoms with van der Waals surface area (Å²) in [6.45, 7) is 1.32. The van der Waals surface area contributed by atoms with Crippen molar-refractivity contribution >= 4 is 46.8 Å². The Morgan fingerprint density at radius 1 is 1.29 bits per heavy atom. The molecule has 0 radical (unpaired) electrons. The van der Waals surface area contributed by atoms with Crippen LogP contribution in [0.4, 0.5) is 10.5 Å². The summed E-state index contributed by atoms with van der Waals surface area (Å²) in [6.07, 6.45) is -1.18. The lowest BCUT2D eigenvalue weighted by Crippen LogP contribution is -2.43. The summed E-state index contributed by atoms with van der Waals surface area (Å²) in [5, 5.41) is 4.39. The summed E-state index contributed by atoms with van der Waals surface area (Å²) in [6, 6.07) is 1.84. The highest BCUT2D eigenvalue weighted by Crippen LogP contribution is 2.29. The number of nitrogens with two attached hydrogens (primary N) is 1. The molecule has 1 aromatic carbocycles. The van der Waals surface area contributed by atoms with Crippen LogP contribution in [-0.2, 0) is 9.53 Å². The smallest absolute Gasteiger partial charge is 0.339 e. The molecule has 1 aromatic rings. The summed E-state index contributed by atoms with van der Waals surface area (Å²) in [5.41, 5.74) is 5.73. The number of hydrogen-bond acceptors (Lipinski definition) is 5. The third kappa shape index (κ3) is 4.51. The van der Waals surface area contributed by atoms with Crippen LogP contribution in [-0.4, -0.2) is 31.1 Å². The van der Waals surface area contributed by atoms with Gasteiger partial charge in [-0.1, -0.05) is 23.2 Å². The molecule has 0 bridgehead atoms. The molecule has 1 rings (SSSR count). The SMILES string of the molecule is CNC(=O)NC(=O)C(C)OC(=O)c1cc(N)c(Cl)c(Cl)c1. The first-order chi connectivity index (χ1) is 9.76. The Balaban J connectivity index is 2.77. The highest BCUT2D eigenvalue weighted by molar-refractivity contribution is 6.43. The van der Waals surface area contributed by atoms with E-state index in [1.54, 1.807) is 0 Å². The molecule has 1 atom stereocenters. The molecule has 0 aromatic heterocycles. The molecule has 0 heterocycles. The van der Waals surface area contributed by atoms with Crippen LogP contribution in [0.1, 0.15) is 17.3 Å². The summed E-state index contributed by atoms with van der Waals surface area (Å²) in [4.78, 5) is 34.4. The number of anilines is 1. The summed E-state index contributed by atoms with van der Waals surface area (Å²) in [7, 11) is 1.35. The van der Waals surface area contributed by atoms with Crippen molar-refractivity contribution in [2.24, 2.45) is 0 Å². The molecule has 0 spiro atoms. The molecule has 114 valence electrons. The number of hydrogen-bond donors (Lipinski definition) is 3. The average molecular weight is 334 g/mol. The fourth-order valence-electron chi connectivity index (χ4n) is 1.29. The molecule has 0 saturated heterocycles. The van der Waals surface area contributed by atoms with Gasteiger partial charge in [0.2, 0.25) is 0 Å². The molecular formula is C12H13Cl2N3O4. The maximum Gasteiger partial charge on any atom is 0.339 e. The normalized spacial score (nSPS) is 11.4. The van der Waals surface area contributed by atoms with Crippen LogP contribution >= 0.6 is 23.2 Å². The van der Waals surface area contributed by atoms with E-state index in [0.29, 0.717) is 0 Å². The number of esters is 1. The van der Waals surface area contributed by atoms with E-state index in [1.807, 2.05) is 5.32 Å². The molecule has 0 fully saturated rings. The summed E-state index contributed by atoms with van der Waals surface area (Å²) < 4.78 is 4.91. The second kappa shape index (κ2) is 7.14. The number of urea groups is 1. The van der Waals surface area contributed by atoms with Crippen molar-refractivity contribution in [2.45, 2.75) is 13.0 Å². The van der Waals surface area contributed by atoms with E-state index < -0.39 is 24.0 Å². The number of nitrogen functional groups attached to an aromatic ring is 1. The highest BCUT2D eigenvalue weighted by Gasteiger charge is 2.21. The van der Waals surface area contributed by atoms with Crippen LogP contribution in [0.5, 0.6) is 0 Å². The van der Waals surface area contributed by atoms with E-state index in [4.69, 9.17) is 33.7 Å². The van der Waals surface area contributed by atoms with Gasteiger partial charge in [-0.2, -0.15) is 0 Å². The van der Waals surface area contributed by atoms with Crippen LogP contribution < -0.4 is 16.4 Å². The standard InChI is InChI=1S/C12H13Cl2N3O4/c1-5(10(18)17-12(20)16-2)21-11(19)6-3-7(13)9(14)8(15)4-6/h3-5H,15H2,1-2H3,(H2,16,17,18,20). The van der Waals surface area contributed by atoms with Crippen molar-refractivity contribution in [1.82, 2.24) is 10.6 Å². The Bertz CT molecular complexity index is 569. The van der Waals surface area contributed by atoms with Gasteiger partial charge in [0.25, 0.3) is 5.91 Å². The number of rotatable bonds is 3. The quantitative estimate of drug-likeness (QED) is 0.574. The van der Waals surface area contributed by atoms with Gasteiger partial charge in [0, 0.05) is 7.05 Å². The fourth-order valence-corrected chi connectivity index (χ4v) is 1.62. The third-order valence-corrected chi connectivity index (χ3v) is 3.23. The molecule has 21 heavy (non-hydrogen) atoms. The van der Waals surface area contributed by atoms with E-state index in [2.05, 4.69) is 5.32 Å². The van der Waals surface area contributed by atoms with Crippen molar-refractivity contribution in [2.75, 3.05) is 12.8 Å². The summed E-state index contributed by atoms with van der Waals surface area (Å²) >= 11 is 11.6. The first-order valence-electron chi connectivity index (χ1n) is 5.74. The Morgan fingerprint density at radius 2 is 1.90 bits per heavy atom. The number of carbonyl (C=O) groups excluding carboxylic acids is 3. The minimum Gasteiger partial charge on any atom is -0.449 e. The minimum atomic E-state index is -1.18. The van der Waals surface area contributed by atoms with Gasteiger partial charge < -0.3 is 15.8 Å². The Hall–Kier alpha value is -1.99. The van der Waals surface area contributed by atoms with Crippen molar-refractivity contribution in [3.05, 3.63) is 27.7 Å². The first kappa shape index (κ1) is 17.1. The number of amides is 3. The monoisotopic (exact) mass is 333 g/mol. The second-order valence-electron chi connectivity index (χ2n) is 3.98. The summed E-state index contributed by atoms with van der Waals surface area (Å²) in [5.74, 6) is -1.59. The number of nitrogens with one attached hydrogen (secondary N) is 2. The first-order valence-corrected chi connectivity index (χ1v) is 6.50. The Labute approximate surface area is 130 Å². The van der Waals surface area contributed by atoms with Gasteiger partial charge in [0.1, 0.15) is 0 Å². The number of ether oxygens (including phenoxy) is 1. The van der Waals surface area contributed by atoms with E-state index >= 15 is 0 Å². The molecule has 4 N–H and O–H groups in total. The van der Waals surface area contributed by atoms with Gasteiger partial charge in [0.15, 0.2) is 6.10 Å². The topological polar surface area (TPSA) is 111 Å². The van der Waals surface area contributed by atoms with E-state index in [9.17, 15) is 14.4 Å². The molecular weight excluding hydrogens is 321 g/mol. The van der Waals surface area contributed by atoms with Crippen molar-refractivity contribution < 1.29 is 19.1 Å². The van der Waals surface area contributed by atoms with Crippen LogP contribution in [0.25, 0.3) is 0 Å². The fraction of sp³-hybridized carbons (Fsp3) is 0.250. The predicted molar refractivity (Wildman–Crippen MR) is 78.4 cm³/mol. The molecule has 7 nitrogen and oxygen atoms in total. The van der Waals surface area contributed by atoms with E-state index in [1.165, 1.54) is 26.1 Å². The lowest BCUT2D eigenvalue weighted by atomic mass is 10.2. The van der Waals surface area contributed by atoms with Gasteiger partial charge in [0.05, 0.1) is 21.3 Å². The minimum absolute atomic E-state index is 0.0430. The zero-order valence-corrected chi connectivity index (χ0v) is 12.7. The number of halogens is 2. The van der Waals surface area contributed by atoms with Crippen LogP contribution in [0.15, 0.2) is 12.1 Å². The maximum atomic E-state index is 11.9. The van der Waals surface area contributed by atoms with Gasteiger partial charge in [-0.25, -0.2) is 9.59 Å². The number of carbonyl (C=O) groups is 3. The predicted octanol–water partition coefficient (Wildman–Crippen LogP) is 1.58. The maximum absolute atomic E-state index is 11.9. The highest BCUT2D eigenvalue weighted by atomic mass is 35.5. The third-order valence-electron chi connectivity index (χ3n) is 2.41. The van der Waals surface area contributed by atoms with Gasteiger partial charge in [-0.15, -0.1) is 0 Å².